The lowest BCUT2D eigenvalue weighted by Gasteiger charge is -2.33. The Bertz CT molecular complexity index is 659. The average Bonchev–Trinajstić information content (AvgIpc) is 3.19. The van der Waals surface area contributed by atoms with E-state index in [1.165, 1.54) is 19.3 Å². The van der Waals surface area contributed by atoms with E-state index in [4.69, 9.17) is 4.42 Å². The highest BCUT2D eigenvalue weighted by atomic mass is 16.3. The Morgan fingerprint density at radius 3 is 2.79 bits per heavy atom. The molecular weight excluding hydrogens is 306 g/mol. The van der Waals surface area contributed by atoms with Crippen LogP contribution in [-0.2, 0) is 7.05 Å². The van der Waals surface area contributed by atoms with Gasteiger partial charge >= 0.3 is 6.03 Å². The summed E-state index contributed by atoms with van der Waals surface area (Å²) in [5, 5.41) is 10.0. The van der Waals surface area contributed by atoms with Crippen molar-refractivity contribution in [1.29, 1.82) is 0 Å². The molecular formula is C17H25N5O2. The quantitative estimate of drug-likeness (QED) is 0.883. The third-order valence-corrected chi connectivity index (χ3v) is 4.40. The van der Waals surface area contributed by atoms with Gasteiger partial charge in [-0.3, -0.25) is 14.9 Å². The van der Waals surface area contributed by atoms with Crippen LogP contribution in [0.15, 0.2) is 28.9 Å². The van der Waals surface area contributed by atoms with Crippen molar-refractivity contribution >= 4 is 11.8 Å². The first-order valence-corrected chi connectivity index (χ1v) is 8.46. The number of carbonyl (C=O) groups is 1. The van der Waals surface area contributed by atoms with Crippen molar-refractivity contribution in [2.45, 2.75) is 32.2 Å². The van der Waals surface area contributed by atoms with Crippen LogP contribution in [-0.4, -0.2) is 40.3 Å². The molecule has 2 N–H and O–H groups in total. The van der Waals surface area contributed by atoms with E-state index in [1.54, 1.807) is 10.9 Å². The molecule has 2 amide bonds. The molecule has 1 aliphatic heterocycles. The number of likely N-dealkylation sites (tertiary alicyclic amines) is 1. The first-order valence-electron chi connectivity index (χ1n) is 8.46. The molecule has 0 spiro atoms. The van der Waals surface area contributed by atoms with E-state index in [0.717, 1.165) is 24.5 Å². The number of furan rings is 1. The molecule has 2 aromatic rings. The average molecular weight is 331 g/mol. The van der Waals surface area contributed by atoms with Crippen LogP contribution in [0, 0.1) is 6.92 Å². The Labute approximate surface area is 142 Å². The zero-order valence-electron chi connectivity index (χ0n) is 14.3. The van der Waals surface area contributed by atoms with Crippen LogP contribution in [0.5, 0.6) is 0 Å². The second-order valence-corrected chi connectivity index (χ2v) is 6.26. The van der Waals surface area contributed by atoms with Crippen LogP contribution in [0.25, 0.3) is 0 Å². The number of carbonyl (C=O) groups excluding carboxylic acids is 1. The molecule has 0 aromatic carbocycles. The molecule has 0 radical (unpaired) electrons. The second-order valence-electron chi connectivity index (χ2n) is 6.26. The van der Waals surface area contributed by atoms with Crippen molar-refractivity contribution in [2.24, 2.45) is 7.05 Å². The van der Waals surface area contributed by atoms with Crippen LogP contribution in [0.4, 0.5) is 10.6 Å². The summed E-state index contributed by atoms with van der Waals surface area (Å²) < 4.78 is 7.25. The van der Waals surface area contributed by atoms with Crippen molar-refractivity contribution in [3.05, 3.63) is 35.9 Å². The summed E-state index contributed by atoms with van der Waals surface area (Å²) in [5.74, 6) is 1.58. The molecule has 0 saturated carbocycles. The monoisotopic (exact) mass is 331 g/mol. The molecule has 130 valence electrons. The van der Waals surface area contributed by atoms with Gasteiger partial charge in [0.1, 0.15) is 11.6 Å². The first-order chi connectivity index (χ1) is 11.6. The summed E-state index contributed by atoms with van der Waals surface area (Å²) in [5.41, 5.74) is 0.870. The Kier molecular flexibility index (Phi) is 5.20. The largest absolute Gasteiger partial charge is 0.468 e. The van der Waals surface area contributed by atoms with E-state index >= 15 is 0 Å². The van der Waals surface area contributed by atoms with Crippen LogP contribution >= 0.6 is 0 Å². The van der Waals surface area contributed by atoms with Crippen molar-refractivity contribution in [3.63, 3.8) is 0 Å². The normalized spacial score (nSPS) is 16.8. The Morgan fingerprint density at radius 1 is 1.38 bits per heavy atom. The highest BCUT2D eigenvalue weighted by Crippen LogP contribution is 2.24. The van der Waals surface area contributed by atoms with Gasteiger partial charge in [0.2, 0.25) is 0 Å². The van der Waals surface area contributed by atoms with Crippen LogP contribution in [0.2, 0.25) is 0 Å². The Morgan fingerprint density at radius 2 is 2.17 bits per heavy atom. The summed E-state index contributed by atoms with van der Waals surface area (Å²) >= 11 is 0. The van der Waals surface area contributed by atoms with Crippen LogP contribution < -0.4 is 10.6 Å². The lowest BCUT2D eigenvalue weighted by Crippen LogP contribution is -2.41. The van der Waals surface area contributed by atoms with Gasteiger partial charge in [-0.1, -0.05) is 6.42 Å². The summed E-state index contributed by atoms with van der Waals surface area (Å²) in [7, 11) is 1.81. The fourth-order valence-corrected chi connectivity index (χ4v) is 3.20. The number of hydrogen-bond donors (Lipinski definition) is 2. The van der Waals surface area contributed by atoms with Crippen molar-refractivity contribution in [3.8, 4) is 0 Å². The molecule has 3 heterocycles. The van der Waals surface area contributed by atoms with Gasteiger partial charge in [-0.15, -0.1) is 0 Å². The maximum absolute atomic E-state index is 12.2. The predicted molar refractivity (Wildman–Crippen MR) is 91.8 cm³/mol. The maximum Gasteiger partial charge on any atom is 0.320 e. The molecule has 7 heteroatoms. The lowest BCUT2D eigenvalue weighted by atomic mass is 10.1. The third kappa shape index (κ3) is 3.97. The summed E-state index contributed by atoms with van der Waals surface area (Å²) in [6.07, 6.45) is 5.34. The molecule has 0 bridgehead atoms. The van der Waals surface area contributed by atoms with E-state index in [-0.39, 0.29) is 12.1 Å². The minimum Gasteiger partial charge on any atom is -0.468 e. The number of hydrogen-bond acceptors (Lipinski definition) is 4. The molecule has 3 rings (SSSR count). The Balaban J connectivity index is 1.60. The molecule has 1 aliphatic rings. The van der Waals surface area contributed by atoms with E-state index < -0.39 is 0 Å². The number of nitrogens with one attached hydrogen (secondary N) is 2. The van der Waals surface area contributed by atoms with E-state index in [2.05, 4.69) is 20.6 Å². The minimum atomic E-state index is -0.230. The number of aromatic nitrogens is 2. The third-order valence-electron chi connectivity index (χ3n) is 4.40. The number of urea groups is 1. The molecule has 7 nitrogen and oxygen atoms in total. The molecule has 24 heavy (non-hydrogen) atoms. The van der Waals surface area contributed by atoms with Gasteiger partial charge in [0.15, 0.2) is 0 Å². The molecule has 1 unspecified atom stereocenters. The topological polar surface area (TPSA) is 75.3 Å². The number of amides is 2. The maximum atomic E-state index is 12.2. The van der Waals surface area contributed by atoms with Gasteiger partial charge in [0.05, 0.1) is 18.0 Å². The fourth-order valence-electron chi connectivity index (χ4n) is 3.20. The van der Waals surface area contributed by atoms with Gasteiger partial charge < -0.3 is 9.73 Å². The summed E-state index contributed by atoms with van der Waals surface area (Å²) in [6.45, 7) is 4.48. The van der Waals surface area contributed by atoms with E-state index in [1.807, 2.05) is 32.2 Å². The molecule has 1 saturated heterocycles. The van der Waals surface area contributed by atoms with Crippen molar-refractivity contribution in [2.75, 3.05) is 25.0 Å². The smallest absolute Gasteiger partial charge is 0.320 e. The second kappa shape index (κ2) is 7.53. The van der Waals surface area contributed by atoms with Crippen molar-refractivity contribution in [1.82, 2.24) is 20.0 Å². The molecule has 1 atom stereocenters. The van der Waals surface area contributed by atoms with Gasteiger partial charge in [0, 0.05) is 19.7 Å². The van der Waals surface area contributed by atoms with Crippen LogP contribution in [0.3, 0.4) is 0 Å². The van der Waals surface area contributed by atoms with Gasteiger partial charge in [-0.2, -0.15) is 5.10 Å². The summed E-state index contributed by atoms with van der Waals surface area (Å²) in [6, 6.07) is 5.55. The number of nitrogens with zero attached hydrogens (tertiary/aromatic N) is 3. The number of aryl methyl sites for hydroxylation is 2. The zero-order valence-corrected chi connectivity index (χ0v) is 14.3. The minimum absolute atomic E-state index is 0.0688. The standard InChI is InChI=1S/C17H25N5O2/c1-13-11-16(21(2)20-13)19-17(23)18-12-14(15-7-6-10-24-15)22-8-4-3-5-9-22/h6-7,10-11,14H,3-5,8-9,12H2,1-2H3,(H2,18,19,23). The highest BCUT2D eigenvalue weighted by molar-refractivity contribution is 5.88. The fraction of sp³-hybridized carbons (Fsp3) is 0.529. The molecule has 1 fully saturated rings. The number of anilines is 1. The predicted octanol–water partition coefficient (Wildman–Crippen LogP) is 2.67. The summed E-state index contributed by atoms with van der Waals surface area (Å²) in [4.78, 5) is 14.6. The van der Waals surface area contributed by atoms with E-state index in [9.17, 15) is 4.79 Å². The molecule has 0 aliphatic carbocycles. The van der Waals surface area contributed by atoms with Gasteiger partial charge in [-0.05, 0) is 45.0 Å². The van der Waals surface area contributed by atoms with E-state index in [0.29, 0.717) is 12.4 Å². The van der Waals surface area contributed by atoms with Gasteiger partial charge in [-0.25, -0.2) is 4.79 Å². The van der Waals surface area contributed by atoms with Gasteiger partial charge in [0.25, 0.3) is 0 Å². The number of piperidine rings is 1. The van der Waals surface area contributed by atoms with Crippen molar-refractivity contribution < 1.29 is 9.21 Å². The number of rotatable bonds is 5. The SMILES string of the molecule is Cc1cc(NC(=O)NCC(c2ccco2)N2CCCCC2)n(C)n1. The van der Waals surface area contributed by atoms with Crippen LogP contribution in [0.1, 0.15) is 36.8 Å². The Hall–Kier alpha value is -2.28. The molecule has 2 aromatic heterocycles. The highest BCUT2D eigenvalue weighted by Gasteiger charge is 2.25. The zero-order chi connectivity index (χ0) is 16.9. The first kappa shape index (κ1) is 16.6. The lowest BCUT2D eigenvalue weighted by molar-refractivity contribution is 0.144.